The van der Waals surface area contributed by atoms with Gasteiger partial charge in [0.2, 0.25) is 0 Å². The molecule has 0 spiro atoms. The van der Waals surface area contributed by atoms with Gasteiger partial charge in [-0.15, -0.1) is 30.2 Å². The van der Waals surface area contributed by atoms with E-state index < -0.39 is 0 Å². The first kappa shape index (κ1) is 33.0. The van der Waals surface area contributed by atoms with Gasteiger partial charge in [-0.05, 0) is 12.0 Å². The van der Waals surface area contributed by atoms with Gasteiger partial charge in [-0.25, -0.2) is 6.08 Å². The number of fused-ring (bicyclic) bond motifs is 3. The molecule has 0 nitrogen and oxygen atoms in total. The third-order valence-corrected chi connectivity index (χ3v) is 6.79. The fraction of sp³-hybridized carbons (Fsp3) is 0.206. The third-order valence-electron chi connectivity index (χ3n) is 6.08. The van der Waals surface area contributed by atoms with Crippen molar-refractivity contribution >= 4 is 15.4 Å². The molecule has 0 aromatic heterocycles. The third kappa shape index (κ3) is 9.33. The van der Waals surface area contributed by atoms with E-state index in [-0.39, 0.29) is 24.8 Å². The second-order valence-corrected chi connectivity index (χ2v) is 11.6. The molecule has 5 rings (SSSR count). The second-order valence-electron chi connectivity index (χ2n) is 9.78. The molecule has 3 aromatic carbocycles. The molecule has 0 bridgehead atoms. The van der Waals surface area contributed by atoms with Crippen LogP contribution in [0.25, 0.3) is 23.3 Å². The van der Waals surface area contributed by atoms with Crippen molar-refractivity contribution in [1.29, 1.82) is 0 Å². The normalized spacial score (nSPS) is 12.1. The summed E-state index contributed by atoms with van der Waals surface area (Å²) >= 11 is 1.51. The van der Waals surface area contributed by atoms with E-state index in [1.54, 1.807) is 0 Å². The molecule has 0 radical (unpaired) electrons. The van der Waals surface area contributed by atoms with Gasteiger partial charge in [0.1, 0.15) is 0 Å². The van der Waals surface area contributed by atoms with Crippen molar-refractivity contribution in [2.24, 2.45) is 5.41 Å². The van der Waals surface area contributed by atoms with E-state index in [1.807, 2.05) is 24.3 Å². The maximum atomic E-state index is 3.82. The van der Waals surface area contributed by atoms with Gasteiger partial charge in [0.25, 0.3) is 0 Å². The van der Waals surface area contributed by atoms with Crippen LogP contribution in [0.5, 0.6) is 0 Å². The average molecular weight is 605 g/mol. The molecule has 3 heteroatoms. The molecule has 190 valence electrons. The van der Waals surface area contributed by atoms with E-state index in [0.717, 1.165) is 18.4 Å². The Bertz CT molecular complexity index is 1220. The number of benzene rings is 3. The summed E-state index contributed by atoms with van der Waals surface area (Å²) < 4.78 is 1.46. The topological polar surface area (TPSA) is 0 Å². The standard InChI is InChI=1S/C17H13.C9H13.C8H8.2ClH.Zr/c1-3-12-5-7-14-11-15-8-6-13(4-2)10-17(15)16(14)9-12;1-9(2,3)8-6-4-5-7-8;1-2-8-6-4-3-5-7-8;;;/h3-7,9-10H,1-2,11H2;6-7H,4H2,1-3H3;3-7H,1H3;2*1H;/q2*-1;;;;+2/p-2. The Morgan fingerprint density at radius 3 is 2.05 bits per heavy atom. The molecule has 0 unspecified atom stereocenters. The van der Waals surface area contributed by atoms with E-state index in [9.17, 15) is 0 Å². The smallest absolute Gasteiger partial charge is 1.00 e. The van der Waals surface area contributed by atoms with Crippen molar-refractivity contribution in [2.75, 3.05) is 0 Å². The molecule has 37 heavy (non-hydrogen) atoms. The van der Waals surface area contributed by atoms with Crippen molar-refractivity contribution in [3.8, 4) is 11.1 Å². The Labute approximate surface area is 251 Å². The minimum atomic E-state index is 0. The molecule has 3 aromatic rings. The van der Waals surface area contributed by atoms with E-state index in [4.69, 9.17) is 0 Å². The summed E-state index contributed by atoms with van der Waals surface area (Å²) in [6, 6.07) is 24.5. The molecule has 0 heterocycles. The van der Waals surface area contributed by atoms with Gasteiger partial charge >= 0.3 is 70.3 Å². The molecule has 0 atom stereocenters. The van der Waals surface area contributed by atoms with E-state index in [0.29, 0.717) is 5.41 Å². The SMILES string of the molecule is C=Cc1c[c-]c2c(c1)-c1cc(C=C)ccc1C2.CC(C)(C)C1=CC[C-]=C1.C[C](=[Zr+2])c1ccccc1.[Cl-].[Cl-]. The number of allylic oxidation sites excluding steroid dienone is 4. The number of hydrogen-bond acceptors (Lipinski definition) is 0. The van der Waals surface area contributed by atoms with Gasteiger partial charge < -0.3 is 24.8 Å². The Hall–Kier alpha value is -2.05. The minimum absolute atomic E-state index is 0. The fourth-order valence-electron chi connectivity index (χ4n) is 3.97. The van der Waals surface area contributed by atoms with Crippen molar-refractivity contribution in [3.63, 3.8) is 0 Å². The molecule has 0 fully saturated rings. The second kappa shape index (κ2) is 15.4. The zero-order valence-corrected chi connectivity index (χ0v) is 26.1. The number of hydrogen-bond donors (Lipinski definition) is 0. The number of rotatable bonds is 3. The predicted molar refractivity (Wildman–Crippen MR) is 150 cm³/mol. The van der Waals surface area contributed by atoms with Gasteiger partial charge in [-0.3, -0.25) is 6.08 Å². The van der Waals surface area contributed by atoms with Crippen molar-refractivity contribution in [3.05, 3.63) is 132 Å². The molecule has 0 saturated heterocycles. The van der Waals surface area contributed by atoms with E-state index in [2.05, 4.69) is 114 Å². The molecule has 2 aliphatic carbocycles. The molecule has 0 N–H and O–H groups in total. The van der Waals surface area contributed by atoms with Gasteiger partial charge in [-0.2, -0.15) is 35.4 Å². The molecule has 0 saturated carbocycles. The van der Waals surface area contributed by atoms with Crippen molar-refractivity contribution < 1.29 is 49.0 Å². The summed E-state index contributed by atoms with van der Waals surface area (Å²) in [6.45, 7) is 16.5. The van der Waals surface area contributed by atoms with Crippen LogP contribution in [0.3, 0.4) is 0 Å². The maximum absolute atomic E-state index is 3.82. The summed E-state index contributed by atoms with van der Waals surface area (Å²) in [6.07, 6.45) is 13.2. The van der Waals surface area contributed by atoms with E-state index in [1.165, 1.54) is 66.4 Å². The molecule has 2 aliphatic rings. The Morgan fingerprint density at radius 1 is 0.919 bits per heavy atom. The molecule has 0 aliphatic heterocycles. The predicted octanol–water partition coefficient (Wildman–Crippen LogP) is 2.85. The van der Waals surface area contributed by atoms with Crippen molar-refractivity contribution in [1.82, 2.24) is 0 Å². The van der Waals surface area contributed by atoms with Crippen LogP contribution >= 0.6 is 0 Å². The van der Waals surface area contributed by atoms with Gasteiger partial charge in [0.15, 0.2) is 0 Å². The summed E-state index contributed by atoms with van der Waals surface area (Å²) in [5, 5.41) is 0. The summed E-state index contributed by atoms with van der Waals surface area (Å²) in [5.74, 6) is 0. The molecule has 0 amide bonds. The van der Waals surface area contributed by atoms with Crippen LogP contribution in [0.15, 0.2) is 91.5 Å². The van der Waals surface area contributed by atoms with E-state index >= 15 is 0 Å². The first-order valence-electron chi connectivity index (χ1n) is 12.0. The van der Waals surface area contributed by atoms with Crippen LogP contribution in [0.4, 0.5) is 0 Å². The summed E-state index contributed by atoms with van der Waals surface area (Å²) in [4.78, 5) is 0. The first-order chi connectivity index (χ1) is 16.7. The first-order valence-corrected chi connectivity index (χ1v) is 13.3. The summed E-state index contributed by atoms with van der Waals surface area (Å²) in [5.41, 5.74) is 10.7. The Morgan fingerprint density at radius 2 is 1.57 bits per heavy atom. The van der Waals surface area contributed by atoms with Gasteiger partial charge in [0.05, 0.1) is 0 Å². The van der Waals surface area contributed by atoms with Crippen LogP contribution in [0.2, 0.25) is 0 Å². The van der Waals surface area contributed by atoms with Gasteiger partial charge in [0, 0.05) is 0 Å². The molecular weight excluding hydrogens is 571 g/mol. The average Bonchev–Trinajstić information content (AvgIpc) is 3.53. The quantitative estimate of drug-likeness (QED) is 0.316. The van der Waals surface area contributed by atoms with Crippen LogP contribution in [0, 0.1) is 17.6 Å². The van der Waals surface area contributed by atoms with Crippen LogP contribution in [0.1, 0.15) is 61.9 Å². The fourth-order valence-corrected chi connectivity index (χ4v) is 4.38. The van der Waals surface area contributed by atoms with Crippen LogP contribution < -0.4 is 24.8 Å². The Balaban J connectivity index is 0.000000295. The summed E-state index contributed by atoms with van der Waals surface area (Å²) in [7, 11) is 0. The monoisotopic (exact) mass is 602 g/mol. The van der Waals surface area contributed by atoms with Crippen LogP contribution in [-0.4, -0.2) is 3.21 Å². The van der Waals surface area contributed by atoms with Crippen LogP contribution in [-0.2, 0) is 30.7 Å². The minimum Gasteiger partial charge on any atom is -1.00 e. The maximum Gasteiger partial charge on any atom is -1.00 e. The largest absolute Gasteiger partial charge is 1.00 e. The number of halogens is 2. The zero-order valence-electron chi connectivity index (χ0n) is 22.2. The van der Waals surface area contributed by atoms with Gasteiger partial charge in [-0.1, -0.05) is 68.2 Å². The zero-order chi connectivity index (χ0) is 25.4. The van der Waals surface area contributed by atoms with Crippen molar-refractivity contribution in [2.45, 2.75) is 40.5 Å². The Kier molecular flexibility index (Phi) is 13.7. The molecular formula is C34H34Cl2Zr-2.